The first-order valence-electron chi connectivity index (χ1n) is 7.77. The fraction of sp³-hybridized carbons (Fsp3) is 0.333. The predicted octanol–water partition coefficient (Wildman–Crippen LogP) is 2.35. The van der Waals surface area contributed by atoms with Crippen molar-refractivity contribution in [2.45, 2.75) is 12.0 Å². The molecule has 0 unspecified atom stereocenters. The molecule has 0 spiro atoms. The lowest BCUT2D eigenvalue weighted by atomic mass is 9.92. The summed E-state index contributed by atoms with van der Waals surface area (Å²) in [7, 11) is 3.56. The molecule has 0 radical (unpaired) electrons. The Bertz CT molecular complexity index is 746. The first-order chi connectivity index (χ1) is 11.5. The third kappa shape index (κ3) is 3.10. The molecule has 1 saturated heterocycles. The number of amides is 1. The highest BCUT2D eigenvalue weighted by atomic mass is 19.1. The van der Waals surface area contributed by atoms with E-state index in [-0.39, 0.29) is 11.7 Å². The SMILES string of the molecule is COC1(c2nccn2C)CN(C(=O)C/C=C/c2ccc(F)cc2)C1. The molecule has 1 aliphatic heterocycles. The van der Waals surface area contributed by atoms with E-state index in [0.717, 1.165) is 11.4 Å². The first kappa shape index (κ1) is 16.4. The average Bonchev–Trinajstić information content (AvgIpc) is 2.96. The van der Waals surface area contributed by atoms with Crippen LogP contribution in [-0.2, 0) is 22.2 Å². The van der Waals surface area contributed by atoms with Crippen molar-refractivity contribution < 1.29 is 13.9 Å². The number of imidazole rings is 1. The van der Waals surface area contributed by atoms with Crippen molar-refractivity contribution in [3.8, 4) is 0 Å². The van der Waals surface area contributed by atoms with E-state index >= 15 is 0 Å². The third-order valence-corrected chi connectivity index (χ3v) is 4.34. The zero-order valence-electron chi connectivity index (χ0n) is 13.8. The lowest BCUT2D eigenvalue weighted by Crippen LogP contribution is -2.63. The molecule has 5 nitrogen and oxygen atoms in total. The van der Waals surface area contributed by atoms with Crippen molar-refractivity contribution in [3.63, 3.8) is 0 Å². The third-order valence-electron chi connectivity index (χ3n) is 4.34. The van der Waals surface area contributed by atoms with Crippen LogP contribution in [0, 0.1) is 5.82 Å². The Morgan fingerprint density at radius 1 is 1.38 bits per heavy atom. The Morgan fingerprint density at radius 3 is 2.67 bits per heavy atom. The molecule has 1 aromatic carbocycles. The van der Waals surface area contributed by atoms with Crippen molar-refractivity contribution in [2.24, 2.45) is 7.05 Å². The maximum absolute atomic E-state index is 12.8. The Hall–Kier alpha value is -2.47. The van der Waals surface area contributed by atoms with Gasteiger partial charge in [0, 0.05) is 33.0 Å². The van der Waals surface area contributed by atoms with E-state index in [0.29, 0.717) is 19.5 Å². The van der Waals surface area contributed by atoms with E-state index in [1.807, 2.05) is 23.9 Å². The summed E-state index contributed by atoms with van der Waals surface area (Å²) in [6, 6.07) is 6.15. The minimum atomic E-state index is -0.519. The number of nitrogens with zero attached hydrogens (tertiary/aromatic N) is 3. The second-order valence-corrected chi connectivity index (χ2v) is 5.97. The number of aromatic nitrogens is 2. The predicted molar refractivity (Wildman–Crippen MR) is 88.5 cm³/mol. The zero-order valence-corrected chi connectivity index (χ0v) is 13.8. The van der Waals surface area contributed by atoms with Crippen LogP contribution in [0.2, 0.25) is 0 Å². The molecular formula is C18H20FN3O2. The summed E-state index contributed by atoms with van der Waals surface area (Å²) < 4.78 is 20.4. The van der Waals surface area contributed by atoms with Crippen LogP contribution in [-0.4, -0.2) is 40.6 Å². The van der Waals surface area contributed by atoms with Crippen LogP contribution in [0.5, 0.6) is 0 Å². The van der Waals surface area contributed by atoms with Crippen molar-refractivity contribution in [1.29, 1.82) is 0 Å². The van der Waals surface area contributed by atoms with Gasteiger partial charge in [-0.05, 0) is 17.7 Å². The average molecular weight is 329 g/mol. The van der Waals surface area contributed by atoms with Gasteiger partial charge in [-0.3, -0.25) is 4.79 Å². The molecular weight excluding hydrogens is 309 g/mol. The van der Waals surface area contributed by atoms with Gasteiger partial charge in [0.2, 0.25) is 5.91 Å². The smallest absolute Gasteiger partial charge is 0.226 e. The van der Waals surface area contributed by atoms with Crippen molar-refractivity contribution in [1.82, 2.24) is 14.5 Å². The van der Waals surface area contributed by atoms with Crippen LogP contribution in [0.15, 0.2) is 42.7 Å². The number of likely N-dealkylation sites (tertiary alicyclic amines) is 1. The number of hydrogen-bond acceptors (Lipinski definition) is 3. The molecule has 1 aromatic heterocycles. The summed E-state index contributed by atoms with van der Waals surface area (Å²) in [5.74, 6) is 0.597. The summed E-state index contributed by atoms with van der Waals surface area (Å²) in [6.07, 6.45) is 7.51. The van der Waals surface area contributed by atoms with Gasteiger partial charge < -0.3 is 14.2 Å². The summed E-state index contributed by atoms with van der Waals surface area (Å²) in [6.45, 7) is 0.995. The van der Waals surface area contributed by atoms with Gasteiger partial charge in [0.1, 0.15) is 11.6 Å². The summed E-state index contributed by atoms with van der Waals surface area (Å²) in [5, 5.41) is 0. The van der Waals surface area contributed by atoms with E-state index < -0.39 is 5.60 Å². The first-order valence-corrected chi connectivity index (χ1v) is 7.77. The quantitative estimate of drug-likeness (QED) is 0.846. The number of carbonyl (C=O) groups is 1. The minimum Gasteiger partial charge on any atom is -0.367 e. The molecule has 0 N–H and O–H groups in total. The molecule has 0 atom stereocenters. The minimum absolute atomic E-state index is 0.0373. The van der Waals surface area contributed by atoms with Gasteiger partial charge in [-0.2, -0.15) is 0 Å². The molecule has 6 heteroatoms. The second kappa shape index (κ2) is 6.57. The maximum Gasteiger partial charge on any atom is 0.226 e. The lowest BCUT2D eigenvalue weighted by molar-refractivity contribution is -0.166. The Morgan fingerprint density at radius 2 is 2.08 bits per heavy atom. The van der Waals surface area contributed by atoms with Gasteiger partial charge in [0.15, 0.2) is 5.60 Å². The normalized spacial score (nSPS) is 16.4. The highest BCUT2D eigenvalue weighted by Gasteiger charge is 2.49. The standard InChI is InChI=1S/C18H20FN3O2/c1-21-11-10-20-17(21)18(24-2)12-22(13-18)16(23)5-3-4-14-6-8-15(19)9-7-14/h3-4,6-11H,5,12-13H2,1-2H3/b4-3+. The molecule has 126 valence electrons. The fourth-order valence-corrected chi connectivity index (χ4v) is 2.91. The van der Waals surface area contributed by atoms with Crippen LogP contribution in [0.1, 0.15) is 17.8 Å². The summed E-state index contributed by atoms with van der Waals surface area (Å²) >= 11 is 0. The number of benzene rings is 1. The molecule has 0 saturated carbocycles. The van der Waals surface area contributed by atoms with Gasteiger partial charge in [-0.25, -0.2) is 9.37 Å². The van der Waals surface area contributed by atoms with Crippen molar-refractivity contribution in [2.75, 3.05) is 20.2 Å². The van der Waals surface area contributed by atoms with E-state index in [4.69, 9.17) is 4.74 Å². The molecule has 2 heterocycles. The van der Waals surface area contributed by atoms with Gasteiger partial charge in [-0.15, -0.1) is 0 Å². The van der Waals surface area contributed by atoms with Crippen LogP contribution in [0.3, 0.4) is 0 Å². The van der Waals surface area contributed by atoms with Gasteiger partial charge >= 0.3 is 0 Å². The van der Waals surface area contributed by atoms with E-state index in [1.54, 1.807) is 36.4 Å². The Balaban J connectivity index is 1.56. The molecule has 1 fully saturated rings. The highest BCUT2D eigenvalue weighted by Crippen LogP contribution is 2.34. The number of ether oxygens (including phenoxy) is 1. The number of halogens is 1. The maximum atomic E-state index is 12.8. The van der Waals surface area contributed by atoms with Crippen LogP contribution < -0.4 is 0 Å². The van der Waals surface area contributed by atoms with Crippen molar-refractivity contribution in [3.05, 3.63) is 59.9 Å². The fourth-order valence-electron chi connectivity index (χ4n) is 2.91. The molecule has 1 amide bonds. The molecule has 0 bridgehead atoms. The topological polar surface area (TPSA) is 47.4 Å². The number of hydrogen-bond donors (Lipinski definition) is 0. The van der Waals surface area contributed by atoms with E-state index in [9.17, 15) is 9.18 Å². The Kier molecular flexibility index (Phi) is 4.49. The summed E-state index contributed by atoms with van der Waals surface area (Å²) in [5.41, 5.74) is 0.348. The van der Waals surface area contributed by atoms with Crippen LogP contribution >= 0.6 is 0 Å². The van der Waals surface area contributed by atoms with E-state index in [1.165, 1.54) is 12.1 Å². The number of carbonyl (C=O) groups excluding carboxylic acids is 1. The monoisotopic (exact) mass is 329 g/mol. The van der Waals surface area contributed by atoms with Crippen LogP contribution in [0.4, 0.5) is 4.39 Å². The van der Waals surface area contributed by atoms with Crippen LogP contribution in [0.25, 0.3) is 6.08 Å². The number of aryl methyl sites for hydroxylation is 1. The largest absolute Gasteiger partial charge is 0.367 e. The highest BCUT2D eigenvalue weighted by molar-refractivity contribution is 5.80. The zero-order chi connectivity index (χ0) is 17.2. The molecule has 2 aromatic rings. The van der Waals surface area contributed by atoms with Gasteiger partial charge in [0.25, 0.3) is 0 Å². The van der Waals surface area contributed by atoms with Gasteiger partial charge in [-0.1, -0.05) is 24.3 Å². The number of methoxy groups -OCH3 is 1. The molecule has 0 aliphatic carbocycles. The molecule has 24 heavy (non-hydrogen) atoms. The van der Waals surface area contributed by atoms with Gasteiger partial charge in [0.05, 0.1) is 13.1 Å². The Labute approximate surface area is 140 Å². The molecule has 1 aliphatic rings. The lowest BCUT2D eigenvalue weighted by Gasteiger charge is -2.48. The number of rotatable bonds is 5. The van der Waals surface area contributed by atoms with Crippen molar-refractivity contribution >= 4 is 12.0 Å². The van der Waals surface area contributed by atoms with E-state index in [2.05, 4.69) is 4.98 Å². The summed E-state index contributed by atoms with van der Waals surface area (Å²) in [4.78, 5) is 18.4. The molecule has 3 rings (SSSR count). The second-order valence-electron chi connectivity index (χ2n) is 5.97.